The number of hydrogen-bond acceptors (Lipinski definition) is 4. The average molecular weight is 264 g/mol. The SMILES string of the molecule is Cc1cc(C)c(C(=O)O)c(OCCN2CCCC2)n1. The van der Waals surface area contributed by atoms with Crippen LogP contribution in [-0.2, 0) is 0 Å². The van der Waals surface area contributed by atoms with E-state index < -0.39 is 5.97 Å². The van der Waals surface area contributed by atoms with Gasteiger partial charge in [0.2, 0.25) is 5.88 Å². The minimum Gasteiger partial charge on any atom is -0.477 e. The molecule has 2 rings (SSSR count). The van der Waals surface area contributed by atoms with Crippen molar-refractivity contribution in [1.82, 2.24) is 9.88 Å². The zero-order valence-electron chi connectivity index (χ0n) is 11.5. The van der Waals surface area contributed by atoms with E-state index in [2.05, 4.69) is 9.88 Å². The number of aryl methyl sites for hydroxylation is 2. The predicted octanol–water partition coefficient (Wildman–Crippen LogP) is 1.87. The lowest BCUT2D eigenvalue weighted by Crippen LogP contribution is -2.25. The summed E-state index contributed by atoms with van der Waals surface area (Å²) in [5.41, 5.74) is 1.64. The molecule has 0 unspecified atom stereocenters. The van der Waals surface area contributed by atoms with Crippen molar-refractivity contribution in [2.24, 2.45) is 0 Å². The smallest absolute Gasteiger partial charge is 0.341 e. The summed E-state index contributed by atoms with van der Waals surface area (Å²) in [7, 11) is 0. The van der Waals surface area contributed by atoms with Crippen LogP contribution in [0.5, 0.6) is 5.88 Å². The van der Waals surface area contributed by atoms with Crippen LogP contribution in [0.3, 0.4) is 0 Å². The van der Waals surface area contributed by atoms with Gasteiger partial charge in [0.15, 0.2) is 0 Å². The predicted molar refractivity (Wildman–Crippen MR) is 71.8 cm³/mol. The standard InChI is InChI=1S/C14H20N2O3/c1-10-9-11(2)15-13(12(10)14(17)18)19-8-7-16-5-3-4-6-16/h9H,3-8H2,1-2H3,(H,17,18). The highest BCUT2D eigenvalue weighted by Crippen LogP contribution is 2.21. The number of aromatic carboxylic acids is 1. The highest BCUT2D eigenvalue weighted by Gasteiger charge is 2.18. The zero-order chi connectivity index (χ0) is 13.8. The van der Waals surface area contributed by atoms with Gasteiger partial charge in [-0.2, -0.15) is 0 Å². The lowest BCUT2D eigenvalue weighted by molar-refractivity contribution is 0.0689. The van der Waals surface area contributed by atoms with Gasteiger partial charge >= 0.3 is 5.97 Å². The Hall–Kier alpha value is -1.62. The molecule has 1 aliphatic rings. The molecular formula is C14H20N2O3. The van der Waals surface area contributed by atoms with Crippen molar-refractivity contribution < 1.29 is 14.6 Å². The fourth-order valence-electron chi connectivity index (χ4n) is 2.44. The molecule has 0 aromatic carbocycles. The minimum absolute atomic E-state index is 0.173. The molecule has 5 nitrogen and oxygen atoms in total. The monoisotopic (exact) mass is 264 g/mol. The molecule has 0 bridgehead atoms. The summed E-state index contributed by atoms with van der Waals surface area (Å²) in [6, 6.07) is 1.76. The highest BCUT2D eigenvalue weighted by atomic mass is 16.5. The molecule has 1 aromatic rings. The van der Waals surface area contributed by atoms with Crippen molar-refractivity contribution in [3.05, 3.63) is 22.9 Å². The van der Waals surface area contributed by atoms with Gasteiger partial charge in [-0.05, 0) is 51.4 Å². The number of nitrogens with zero attached hydrogens (tertiary/aromatic N) is 2. The van der Waals surface area contributed by atoms with E-state index in [1.165, 1.54) is 12.8 Å². The van der Waals surface area contributed by atoms with Gasteiger partial charge in [0.05, 0.1) is 0 Å². The number of carboxylic acid groups (broad SMARTS) is 1. The molecule has 5 heteroatoms. The highest BCUT2D eigenvalue weighted by molar-refractivity contribution is 5.91. The Labute approximate surface area is 113 Å². The van der Waals surface area contributed by atoms with E-state index in [0.717, 1.165) is 25.3 Å². The van der Waals surface area contributed by atoms with Crippen molar-refractivity contribution in [1.29, 1.82) is 0 Å². The first-order chi connectivity index (χ1) is 9.08. The largest absolute Gasteiger partial charge is 0.477 e. The summed E-state index contributed by atoms with van der Waals surface area (Å²) in [6.07, 6.45) is 2.48. The van der Waals surface area contributed by atoms with Crippen LogP contribution in [0.2, 0.25) is 0 Å². The maximum atomic E-state index is 11.2. The van der Waals surface area contributed by atoms with E-state index in [4.69, 9.17) is 4.74 Å². The van der Waals surface area contributed by atoms with Gasteiger partial charge in [-0.3, -0.25) is 4.90 Å². The van der Waals surface area contributed by atoms with Gasteiger partial charge in [0, 0.05) is 12.2 Å². The summed E-state index contributed by atoms with van der Waals surface area (Å²) < 4.78 is 5.59. The second-order valence-electron chi connectivity index (χ2n) is 4.96. The molecule has 0 aliphatic carbocycles. The molecular weight excluding hydrogens is 244 g/mol. The molecule has 2 heterocycles. The van der Waals surface area contributed by atoms with Crippen molar-refractivity contribution in [3.63, 3.8) is 0 Å². The molecule has 0 saturated carbocycles. The number of aromatic nitrogens is 1. The van der Waals surface area contributed by atoms with E-state index >= 15 is 0 Å². The molecule has 1 N–H and O–H groups in total. The fourth-order valence-corrected chi connectivity index (χ4v) is 2.44. The molecule has 19 heavy (non-hydrogen) atoms. The molecule has 0 amide bonds. The van der Waals surface area contributed by atoms with Crippen LogP contribution in [0, 0.1) is 13.8 Å². The van der Waals surface area contributed by atoms with Crippen LogP contribution in [0.15, 0.2) is 6.07 Å². The third kappa shape index (κ3) is 3.44. The summed E-state index contributed by atoms with van der Waals surface area (Å²) in [5.74, 6) is -0.745. The second kappa shape index (κ2) is 6.02. The van der Waals surface area contributed by atoms with E-state index in [9.17, 15) is 9.90 Å². The topological polar surface area (TPSA) is 62.7 Å². The number of ether oxygens (including phenoxy) is 1. The van der Waals surface area contributed by atoms with Crippen LogP contribution in [0.4, 0.5) is 0 Å². The Morgan fingerprint density at radius 1 is 1.42 bits per heavy atom. The summed E-state index contributed by atoms with van der Waals surface area (Å²) >= 11 is 0. The van der Waals surface area contributed by atoms with Gasteiger partial charge in [0.1, 0.15) is 12.2 Å². The third-order valence-electron chi connectivity index (χ3n) is 3.37. The zero-order valence-corrected chi connectivity index (χ0v) is 11.5. The van der Waals surface area contributed by atoms with Crippen LogP contribution >= 0.6 is 0 Å². The Bertz CT molecular complexity index is 468. The van der Waals surface area contributed by atoms with Gasteiger partial charge in [0.25, 0.3) is 0 Å². The second-order valence-corrected chi connectivity index (χ2v) is 4.96. The number of hydrogen-bond donors (Lipinski definition) is 1. The van der Waals surface area contributed by atoms with Crippen LogP contribution in [-0.4, -0.2) is 47.2 Å². The van der Waals surface area contributed by atoms with E-state index in [-0.39, 0.29) is 11.4 Å². The number of carbonyl (C=O) groups is 1. The first kappa shape index (κ1) is 13.8. The third-order valence-corrected chi connectivity index (χ3v) is 3.37. The number of likely N-dealkylation sites (tertiary alicyclic amines) is 1. The summed E-state index contributed by atoms with van der Waals surface area (Å²) in [4.78, 5) is 17.8. The molecule has 104 valence electrons. The Kier molecular flexibility index (Phi) is 4.37. The Balaban J connectivity index is 2.03. The maximum absolute atomic E-state index is 11.2. The van der Waals surface area contributed by atoms with Crippen molar-refractivity contribution in [2.45, 2.75) is 26.7 Å². The van der Waals surface area contributed by atoms with Crippen LogP contribution in [0.25, 0.3) is 0 Å². The summed E-state index contributed by atoms with van der Waals surface area (Å²) in [6.45, 7) is 7.13. The first-order valence-corrected chi connectivity index (χ1v) is 6.64. The number of pyridine rings is 1. The van der Waals surface area contributed by atoms with E-state index in [1.54, 1.807) is 13.0 Å². The minimum atomic E-state index is -0.985. The molecule has 0 radical (unpaired) electrons. The molecule has 1 aliphatic heterocycles. The van der Waals surface area contributed by atoms with Gasteiger partial charge in [-0.1, -0.05) is 0 Å². The van der Waals surface area contributed by atoms with Crippen molar-refractivity contribution in [2.75, 3.05) is 26.2 Å². The average Bonchev–Trinajstić information content (AvgIpc) is 2.80. The van der Waals surface area contributed by atoms with Crippen LogP contribution in [0.1, 0.15) is 34.5 Å². The Morgan fingerprint density at radius 2 is 2.11 bits per heavy atom. The Morgan fingerprint density at radius 3 is 2.74 bits per heavy atom. The van der Waals surface area contributed by atoms with Crippen molar-refractivity contribution >= 4 is 5.97 Å². The van der Waals surface area contributed by atoms with Gasteiger partial charge in [-0.25, -0.2) is 9.78 Å². The van der Waals surface area contributed by atoms with E-state index in [0.29, 0.717) is 12.2 Å². The lowest BCUT2D eigenvalue weighted by Gasteiger charge is -2.16. The molecule has 1 aromatic heterocycles. The van der Waals surface area contributed by atoms with E-state index in [1.807, 2.05) is 6.92 Å². The van der Waals surface area contributed by atoms with Gasteiger partial charge in [-0.15, -0.1) is 0 Å². The van der Waals surface area contributed by atoms with Gasteiger partial charge < -0.3 is 9.84 Å². The molecule has 1 saturated heterocycles. The fraction of sp³-hybridized carbons (Fsp3) is 0.571. The molecule has 0 spiro atoms. The number of carboxylic acids is 1. The summed E-state index contributed by atoms with van der Waals surface area (Å²) in [5, 5.41) is 9.22. The maximum Gasteiger partial charge on any atom is 0.341 e. The van der Waals surface area contributed by atoms with Crippen molar-refractivity contribution in [3.8, 4) is 5.88 Å². The number of rotatable bonds is 5. The lowest BCUT2D eigenvalue weighted by atomic mass is 10.1. The quantitative estimate of drug-likeness (QED) is 0.879. The molecule has 1 fully saturated rings. The normalized spacial score (nSPS) is 15.7. The molecule has 0 atom stereocenters. The first-order valence-electron chi connectivity index (χ1n) is 6.64. The van der Waals surface area contributed by atoms with Crippen LogP contribution < -0.4 is 4.74 Å².